The summed E-state index contributed by atoms with van der Waals surface area (Å²) in [6, 6.07) is 6.24. The molecule has 0 fully saturated rings. The van der Waals surface area contributed by atoms with Crippen molar-refractivity contribution < 1.29 is 14.3 Å². The summed E-state index contributed by atoms with van der Waals surface area (Å²) in [5.41, 5.74) is 0.761. The topological polar surface area (TPSA) is 111 Å². The molecule has 0 bridgehead atoms. The second-order valence-electron chi connectivity index (χ2n) is 3.66. The molecule has 9 heteroatoms. The highest BCUT2D eigenvalue weighted by atomic mass is 16.5. The lowest BCUT2D eigenvalue weighted by Crippen LogP contribution is -2.39. The van der Waals surface area contributed by atoms with E-state index in [9.17, 15) is 9.59 Å². The van der Waals surface area contributed by atoms with Gasteiger partial charge in [-0.25, -0.2) is 9.48 Å². The number of benzene rings is 1. The van der Waals surface area contributed by atoms with E-state index in [2.05, 4.69) is 26.2 Å². The predicted octanol–water partition coefficient (Wildman–Crippen LogP) is -0.503. The predicted molar refractivity (Wildman–Crippen MR) is 67.2 cm³/mol. The molecular weight excluding hydrogens is 264 g/mol. The molecule has 0 saturated heterocycles. The van der Waals surface area contributed by atoms with Crippen molar-refractivity contribution in [2.75, 3.05) is 13.7 Å². The maximum Gasteiger partial charge on any atom is 0.321 e. The van der Waals surface area contributed by atoms with Gasteiger partial charge in [-0.05, 0) is 34.7 Å². The third-order valence-corrected chi connectivity index (χ3v) is 2.30. The van der Waals surface area contributed by atoms with E-state index in [-0.39, 0.29) is 6.61 Å². The van der Waals surface area contributed by atoms with Crippen molar-refractivity contribution >= 4 is 11.9 Å². The zero-order valence-electron chi connectivity index (χ0n) is 10.6. The van der Waals surface area contributed by atoms with E-state index in [0.717, 1.165) is 5.69 Å². The van der Waals surface area contributed by atoms with Gasteiger partial charge in [0.1, 0.15) is 12.1 Å². The lowest BCUT2D eigenvalue weighted by atomic mass is 10.3. The first-order chi connectivity index (χ1) is 9.69. The Bertz CT molecular complexity index is 581. The maximum atomic E-state index is 11.3. The zero-order chi connectivity index (χ0) is 14.4. The van der Waals surface area contributed by atoms with Crippen LogP contribution in [0.15, 0.2) is 30.6 Å². The van der Waals surface area contributed by atoms with Crippen LogP contribution >= 0.6 is 0 Å². The fourth-order valence-corrected chi connectivity index (χ4v) is 1.35. The molecule has 0 aliphatic rings. The van der Waals surface area contributed by atoms with E-state index in [4.69, 9.17) is 4.74 Å². The van der Waals surface area contributed by atoms with Crippen LogP contribution in [0, 0.1) is 0 Å². The molecule has 1 aromatic carbocycles. The van der Waals surface area contributed by atoms with Gasteiger partial charge in [0.25, 0.3) is 5.91 Å². The van der Waals surface area contributed by atoms with Crippen LogP contribution in [0.5, 0.6) is 5.75 Å². The van der Waals surface area contributed by atoms with E-state index in [1.807, 2.05) is 0 Å². The Morgan fingerprint density at radius 2 is 2.05 bits per heavy atom. The van der Waals surface area contributed by atoms with Gasteiger partial charge in [0.05, 0.1) is 5.69 Å². The lowest BCUT2D eigenvalue weighted by Gasteiger charge is -2.07. The molecule has 2 N–H and O–H groups in total. The summed E-state index contributed by atoms with van der Waals surface area (Å²) in [4.78, 5) is 22.2. The number of nitrogens with one attached hydrogen (secondary N) is 2. The monoisotopic (exact) mass is 276 g/mol. The quantitative estimate of drug-likeness (QED) is 0.778. The van der Waals surface area contributed by atoms with Gasteiger partial charge < -0.3 is 10.1 Å². The third-order valence-electron chi connectivity index (χ3n) is 2.30. The van der Waals surface area contributed by atoms with Crippen molar-refractivity contribution in [3.8, 4) is 11.4 Å². The Morgan fingerprint density at radius 3 is 2.65 bits per heavy atom. The second-order valence-corrected chi connectivity index (χ2v) is 3.66. The van der Waals surface area contributed by atoms with E-state index in [1.165, 1.54) is 18.1 Å². The molecule has 0 unspecified atom stereocenters. The Kier molecular flexibility index (Phi) is 4.22. The largest absolute Gasteiger partial charge is 0.484 e. The number of hydrogen-bond acceptors (Lipinski definition) is 6. The van der Waals surface area contributed by atoms with Crippen LogP contribution < -0.4 is 15.4 Å². The SMILES string of the molecule is CNC(=O)NC(=O)COc1ccc(-n2cnnn2)cc1. The average molecular weight is 276 g/mol. The van der Waals surface area contributed by atoms with E-state index >= 15 is 0 Å². The first-order valence-electron chi connectivity index (χ1n) is 5.67. The summed E-state index contributed by atoms with van der Waals surface area (Å²) in [6.45, 7) is -0.252. The number of ether oxygens (including phenoxy) is 1. The number of carbonyl (C=O) groups excluding carboxylic acids is 2. The van der Waals surface area contributed by atoms with Crippen molar-refractivity contribution in [3.05, 3.63) is 30.6 Å². The van der Waals surface area contributed by atoms with Crippen molar-refractivity contribution in [3.63, 3.8) is 0 Å². The van der Waals surface area contributed by atoms with Gasteiger partial charge in [-0.3, -0.25) is 10.1 Å². The highest BCUT2D eigenvalue weighted by Crippen LogP contribution is 2.13. The summed E-state index contributed by atoms with van der Waals surface area (Å²) in [6.07, 6.45) is 1.46. The lowest BCUT2D eigenvalue weighted by molar-refractivity contribution is -0.122. The van der Waals surface area contributed by atoms with Crippen molar-refractivity contribution in [1.82, 2.24) is 30.8 Å². The molecule has 2 rings (SSSR count). The van der Waals surface area contributed by atoms with E-state index < -0.39 is 11.9 Å². The number of rotatable bonds is 4. The molecule has 0 radical (unpaired) electrons. The Hall–Kier alpha value is -2.97. The molecule has 1 heterocycles. The van der Waals surface area contributed by atoms with Crippen LogP contribution in [0.3, 0.4) is 0 Å². The normalized spacial score (nSPS) is 9.85. The van der Waals surface area contributed by atoms with Gasteiger partial charge in [-0.15, -0.1) is 5.10 Å². The molecule has 0 aliphatic carbocycles. The van der Waals surface area contributed by atoms with Gasteiger partial charge >= 0.3 is 6.03 Å². The molecule has 0 aliphatic heterocycles. The molecule has 9 nitrogen and oxygen atoms in total. The Balaban J connectivity index is 1.88. The minimum Gasteiger partial charge on any atom is -0.484 e. The molecule has 20 heavy (non-hydrogen) atoms. The number of carbonyl (C=O) groups is 2. The van der Waals surface area contributed by atoms with Gasteiger partial charge in [0.15, 0.2) is 6.61 Å². The van der Waals surface area contributed by atoms with Crippen LogP contribution in [-0.2, 0) is 4.79 Å². The zero-order valence-corrected chi connectivity index (χ0v) is 10.6. The molecule has 0 saturated carbocycles. The number of hydrogen-bond donors (Lipinski definition) is 2. The number of imide groups is 1. The molecule has 3 amide bonds. The smallest absolute Gasteiger partial charge is 0.321 e. The van der Waals surface area contributed by atoms with Crippen LogP contribution in [-0.4, -0.2) is 45.8 Å². The van der Waals surface area contributed by atoms with Crippen molar-refractivity contribution in [2.24, 2.45) is 0 Å². The van der Waals surface area contributed by atoms with Crippen LogP contribution in [0.4, 0.5) is 4.79 Å². The van der Waals surface area contributed by atoms with Gasteiger partial charge in [-0.2, -0.15) is 0 Å². The van der Waals surface area contributed by atoms with Gasteiger partial charge in [0, 0.05) is 7.05 Å². The van der Waals surface area contributed by atoms with Gasteiger partial charge in [0.2, 0.25) is 0 Å². The minimum atomic E-state index is -0.576. The second kappa shape index (κ2) is 6.27. The first-order valence-corrected chi connectivity index (χ1v) is 5.67. The number of tetrazole rings is 1. The summed E-state index contributed by atoms with van der Waals surface area (Å²) in [5, 5.41) is 15.1. The number of amides is 3. The summed E-state index contributed by atoms with van der Waals surface area (Å²) < 4.78 is 6.72. The van der Waals surface area contributed by atoms with Crippen LogP contribution in [0.25, 0.3) is 5.69 Å². The average Bonchev–Trinajstić information content (AvgIpc) is 2.99. The van der Waals surface area contributed by atoms with E-state index in [0.29, 0.717) is 5.75 Å². The molecule has 2 aromatic rings. The first kappa shape index (κ1) is 13.5. The summed E-state index contributed by atoms with van der Waals surface area (Å²) in [5.74, 6) is -0.0391. The fraction of sp³-hybridized carbons (Fsp3) is 0.182. The van der Waals surface area contributed by atoms with Gasteiger partial charge in [-0.1, -0.05) is 0 Å². The number of nitrogens with zero attached hydrogens (tertiary/aromatic N) is 4. The summed E-state index contributed by atoms with van der Waals surface area (Å²) >= 11 is 0. The molecule has 1 aromatic heterocycles. The van der Waals surface area contributed by atoms with Crippen molar-refractivity contribution in [1.29, 1.82) is 0 Å². The van der Waals surface area contributed by atoms with Crippen molar-refractivity contribution in [2.45, 2.75) is 0 Å². The molecule has 104 valence electrons. The van der Waals surface area contributed by atoms with Crippen LogP contribution in [0.2, 0.25) is 0 Å². The third kappa shape index (κ3) is 3.51. The molecular formula is C11H12N6O3. The molecule has 0 spiro atoms. The maximum absolute atomic E-state index is 11.3. The fourth-order valence-electron chi connectivity index (χ4n) is 1.35. The van der Waals surface area contributed by atoms with Crippen LogP contribution in [0.1, 0.15) is 0 Å². The van der Waals surface area contributed by atoms with E-state index in [1.54, 1.807) is 24.3 Å². The minimum absolute atomic E-state index is 0.252. The highest BCUT2D eigenvalue weighted by molar-refractivity contribution is 5.94. The highest BCUT2D eigenvalue weighted by Gasteiger charge is 2.06. The number of urea groups is 1. The Morgan fingerprint density at radius 1 is 1.30 bits per heavy atom. The summed E-state index contributed by atoms with van der Waals surface area (Å²) in [7, 11) is 1.42. The Labute approximate surface area is 113 Å². The standard InChI is InChI=1S/C11H12N6O3/c1-12-11(19)14-10(18)6-20-9-4-2-8(3-5-9)17-7-13-15-16-17/h2-5,7H,6H2,1H3,(H2,12,14,18,19). The number of aromatic nitrogens is 4. The molecule has 0 atom stereocenters.